The Balaban J connectivity index is 2.23. The lowest BCUT2D eigenvalue weighted by Crippen LogP contribution is -1.99. The van der Waals surface area contributed by atoms with Gasteiger partial charge in [0.2, 0.25) is 0 Å². The van der Waals surface area contributed by atoms with Crippen LogP contribution in [0.15, 0.2) is 41.0 Å². The van der Waals surface area contributed by atoms with Crippen LogP contribution in [0.1, 0.15) is 19.0 Å². The van der Waals surface area contributed by atoms with Crippen molar-refractivity contribution in [3.8, 4) is 11.4 Å². The minimum absolute atomic E-state index is 0.448. The standard InChI is InChI=1S/C16H13BrClN3/c1-2-5-13-14(17)15(18)21-16(20-13)11-8-9-19-12-7-4-3-6-10(11)12/h3-4,6-9H,2,5H2,1H3. The van der Waals surface area contributed by atoms with Crippen LogP contribution in [-0.4, -0.2) is 15.0 Å². The third kappa shape index (κ3) is 2.78. The van der Waals surface area contributed by atoms with Gasteiger partial charge in [0.15, 0.2) is 5.82 Å². The van der Waals surface area contributed by atoms with Crippen LogP contribution in [0.5, 0.6) is 0 Å². The molecule has 3 nitrogen and oxygen atoms in total. The van der Waals surface area contributed by atoms with Crippen LogP contribution >= 0.6 is 27.5 Å². The summed E-state index contributed by atoms with van der Waals surface area (Å²) in [5, 5.41) is 1.48. The van der Waals surface area contributed by atoms with Crippen molar-refractivity contribution in [1.29, 1.82) is 0 Å². The number of pyridine rings is 1. The lowest BCUT2D eigenvalue weighted by Gasteiger charge is -2.09. The van der Waals surface area contributed by atoms with E-state index in [9.17, 15) is 0 Å². The second-order valence-electron chi connectivity index (χ2n) is 4.72. The van der Waals surface area contributed by atoms with Crippen molar-refractivity contribution in [3.05, 3.63) is 51.8 Å². The average molecular weight is 363 g/mol. The zero-order valence-electron chi connectivity index (χ0n) is 11.5. The summed E-state index contributed by atoms with van der Waals surface area (Å²) in [6.45, 7) is 2.12. The average Bonchev–Trinajstić information content (AvgIpc) is 2.51. The van der Waals surface area contributed by atoms with E-state index in [1.54, 1.807) is 6.20 Å². The minimum atomic E-state index is 0.448. The molecule has 1 aromatic carbocycles. The van der Waals surface area contributed by atoms with Crippen molar-refractivity contribution in [1.82, 2.24) is 15.0 Å². The quantitative estimate of drug-likeness (QED) is 0.611. The van der Waals surface area contributed by atoms with Gasteiger partial charge in [-0.1, -0.05) is 43.1 Å². The molecule has 3 rings (SSSR count). The Labute approximate surface area is 136 Å². The molecule has 0 aliphatic rings. The number of rotatable bonds is 3. The van der Waals surface area contributed by atoms with Gasteiger partial charge in [-0.15, -0.1) is 0 Å². The first-order chi connectivity index (χ1) is 10.2. The Morgan fingerprint density at radius 1 is 1.14 bits per heavy atom. The van der Waals surface area contributed by atoms with E-state index < -0.39 is 0 Å². The Bertz CT molecular complexity index is 799. The number of halogens is 2. The number of benzene rings is 1. The van der Waals surface area contributed by atoms with Crippen LogP contribution < -0.4 is 0 Å². The van der Waals surface area contributed by atoms with Gasteiger partial charge >= 0.3 is 0 Å². The Kier molecular flexibility index (Phi) is 4.17. The van der Waals surface area contributed by atoms with Crippen molar-refractivity contribution in [2.24, 2.45) is 0 Å². The number of para-hydroxylation sites is 1. The first kappa shape index (κ1) is 14.4. The fraction of sp³-hybridized carbons (Fsp3) is 0.188. The molecule has 0 N–H and O–H groups in total. The molecule has 0 aliphatic carbocycles. The van der Waals surface area contributed by atoms with Crippen LogP contribution in [0.25, 0.3) is 22.3 Å². The van der Waals surface area contributed by atoms with Crippen LogP contribution in [0.4, 0.5) is 0 Å². The largest absolute Gasteiger partial charge is 0.256 e. The van der Waals surface area contributed by atoms with Crippen molar-refractivity contribution >= 4 is 38.4 Å². The summed E-state index contributed by atoms with van der Waals surface area (Å²) in [5.41, 5.74) is 2.82. The maximum Gasteiger partial charge on any atom is 0.161 e. The van der Waals surface area contributed by atoms with Crippen molar-refractivity contribution in [2.45, 2.75) is 19.8 Å². The predicted molar refractivity (Wildman–Crippen MR) is 89.5 cm³/mol. The van der Waals surface area contributed by atoms with Crippen molar-refractivity contribution in [3.63, 3.8) is 0 Å². The van der Waals surface area contributed by atoms with E-state index in [2.05, 4.69) is 37.8 Å². The van der Waals surface area contributed by atoms with Gasteiger partial charge in [-0.25, -0.2) is 9.97 Å². The van der Waals surface area contributed by atoms with Gasteiger partial charge in [0, 0.05) is 17.1 Å². The predicted octanol–water partition coefficient (Wildman–Crippen LogP) is 5.06. The third-order valence-electron chi connectivity index (χ3n) is 3.26. The van der Waals surface area contributed by atoms with E-state index >= 15 is 0 Å². The van der Waals surface area contributed by atoms with Gasteiger partial charge in [0.25, 0.3) is 0 Å². The van der Waals surface area contributed by atoms with Gasteiger partial charge in [0.05, 0.1) is 15.7 Å². The number of nitrogens with zero attached hydrogens (tertiary/aromatic N) is 3. The molecule has 0 saturated carbocycles. The Morgan fingerprint density at radius 3 is 2.76 bits per heavy atom. The van der Waals surface area contributed by atoms with Gasteiger partial charge in [-0.3, -0.25) is 4.98 Å². The monoisotopic (exact) mass is 361 g/mol. The number of fused-ring (bicyclic) bond motifs is 1. The van der Waals surface area contributed by atoms with Crippen molar-refractivity contribution < 1.29 is 0 Å². The highest BCUT2D eigenvalue weighted by Crippen LogP contribution is 2.30. The normalized spacial score (nSPS) is 11.0. The fourth-order valence-corrected chi connectivity index (χ4v) is 2.84. The van der Waals surface area contributed by atoms with Gasteiger partial charge in [-0.2, -0.15) is 0 Å². The van der Waals surface area contributed by atoms with Crippen LogP contribution in [0, 0.1) is 0 Å². The molecule has 0 spiro atoms. The summed E-state index contributed by atoms with van der Waals surface area (Å²) in [6.07, 6.45) is 3.64. The Morgan fingerprint density at radius 2 is 1.95 bits per heavy atom. The first-order valence-corrected chi connectivity index (χ1v) is 7.94. The number of aryl methyl sites for hydroxylation is 1. The molecule has 0 radical (unpaired) electrons. The smallest absolute Gasteiger partial charge is 0.161 e. The van der Waals surface area contributed by atoms with Gasteiger partial charge in [0.1, 0.15) is 5.15 Å². The molecular weight excluding hydrogens is 350 g/mol. The lowest BCUT2D eigenvalue weighted by molar-refractivity contribution is 0.868. The maximum absolute atomic E-state index is 6.24. The first-order valence-electron chi connectivity index (χ1n) is 6.76. The van der Waals surface area contributed by atoms with E-state index in [1.165, 1.54) is 0 Å². The molecule has 0 unspecified atom stereocenters. The van der Waals surface area contributed by atoms with E-state index in [0.29, 0.717) is 11.0 Å². The molecule has 0 aliphatic heterocycles. The molecule has 0 amide bonds. The molecule has 0 saturated heterocycles. The molecule has 2 aromatic heterocycles. The molecule has 0 fully saturated rings. The molecule has 5 heteroatoms. The summed E-state index contributed by atoms with van der Waals surface area (Å²) in [6, 6.07) is 9.89. The van der Waals surface area contributed by atoms with E-state index in [1.807, 2.05) is 30.3 Å². The zero-order valence-corrected chi connectivity index (χ0v) is 13.8. The highest BCUT2D eigenvalue weighted by molar-refractivity contribution is 9.10. The molecule has 21 heavy (non-hydrogen) atoms. The number of hydrogen-bond donors (Lipinski definition) is 0. The lowest BCUT2D eigenvalue weighted by atomic mass is 10.1. The number of aromatic nitrogens is 3. The fourth-order valence-electron chi connectivity index (χ4n) is 2.28. The van der Waals surface area contributed by atoms with E-state index in [4.69, 9.17) is 11.6 Å². The molecule has 0 atom stereocenters. The molecular formula is C16H13BrClN3. The second-order valence-corrected chi connectivity index (χ2v) is 5.88. The van der Waals surface area contributed by atoms with E-state index in [0.717, 1.165) is 39.5 Å². The second kappa shape index (κ2) is 6.08. The SMILES string of the molecule is CCCc1nc(-c2ccnc3ccccc23)nc(Cl)c1Br. The highest BCUT2D eigenvalue weighted by Gasteiger charge is 2.13. The summed E-state index contributed by atoms with van der Waals surface area (Å²) in [7, 11) is 0. The maximum atomic E-state index is 6.24. The van der Waals surface area contributed by atoms with Crippen LogP contribution in [0.3, 0.4) is 0 Å². The Hall–Kier alpha value is -1.52. The highest BCUT2D eigenvalue weighted by atomic mass is 79.9. The van der Waals surface area contributed by atoms with E-state index in [-0.39, 0.29) is 0 Å². The minimum Gasteiger partial charge on any atom is -0.256 e. The number of hydrogen-bond acceptors (Lipinski definition) is 3. The molecule has 106 valence electrons. The third-order valence-corrected chi connectivity index (χ3v) is 4.59. The van der Waals surface area contributed by atoms with Gasteiger partial charge in [-0.05, 0) is 34.5 Å². The van der Waals surface area contributed by atoms with Crippen LogP contribution in [0.2, 0.25) is 5.15 Å². The van der Waals surface area contributed by atoms with Crippen molar-refractivity contribution in [2.75, 3.05) is 0 Å². The summed E-state index contributed by atoms with van der Waals surface area (Å²) < 4.78 is 0.785. The van der Waals surface area contributed by atoms with Crippen LogP contribution in [-0.2, 0) is 6.42 Å². The molecule has 0 bridgehead atoms. The topological polar surface area (TPSA) is 38.7 Å². The summed E-state index contributed by atoms with van der Waals surface area (Å²) >= 11 is 9.71. The summed E-state index contributed by atoms with van der Waals surface area (Å²) in [5.74, 6) is 0.644. The zero-order chi connectivity index (χ0) is 14.8. The van der Waals surface area contributed by atoms with Gasteiger partial charge < -0.3 is 0 Å². The summed E-state index contributed by atoms with van der Waals surface area (Å²) in [4.78, 5) is 13.5. The molecule has 3 aromatic rings. The molecule has 2 heterocycles.